The normalized spacial score (nSPS) is 13.7. The van der Waals surface area contributed by atoms with Crippen molar-refractivity contribution < 1.29 is 24.2 Å². The van der Waals surface area contributed by atoms with Gasteiger partial charge < -0.3 is 25.2 Å². The van der Waals surface area contributed by atoms with Crippen LogP contribution in [0.3, 0.4) is 0 Å². The van der Waals surface area contributed by atoms with E-state index in [-0.39, 0.29) is 6.03 Å². The van der Waals surface area contributed by atoms with E-state index in [0.717, 1.165) is 46.4 Å². The van der Waals surface area contributed by atoms with E-state index in [1.54, 1.807) is 0 Å². The number of carboxylic acid groups (broad SMARTS) is 1. The Hall–Kier alpha value is -3.84. The maximum absolute atomic E-state index is 12.8. The second-order valence-electron chi connectivity index (χ2n) is 11.0. The van der Waals surface area contributed by atoms with Gasteiger partial charge in [0.1, 0.15) is 5.75 Å². The smallest absolute Gasteiger partial charge is 0.337 e. The second-order valence-corrected chi connectivity index (χ2v) is 11.0. The molecule has 0 saturated carbocycles. The number of benzene rings is 3. The number of carboxylic acids is 1. The third-order valence-corrected chi connectivity index (χ3v) is 6.78. The Bertz CT molecular complexity index is 1340. The van der Waals surface area contributed by atoms with E-state index in [0.29, 0.717) is 36.4 Å². The van der Waals surface area contributed by atoms with Crippen LogP contribution in [0.4, 0.5) is 10.5 Å². The summed E-state index contributed by atoms with van der Waals surface area (Å²) in [7, 11) is 0. The fourth-order valence-electron chi connectivity index (χ4n) is 5.02. The first-order chi connectivity index (χ1) is 18.5. The summed E-state index contributed by atoms with van der Waals surface area (Å²) >= 11 is 0. The fraction of sp³-hybridized carbons (Fsp3) is 0.375. The molecule has 0 aliphatic carbocycles. The van der Waals surface area contributed by atoms with Crippen LogP contribution in [0.5, 0.6) is 5.75 Å². The van der Waals surface area contributed by atoms with Crippen LogP contribution < -0.4 is 15.4 Å². The Morgan fingerprint density at radius 1 is 1.08 bits per heavy atom. The molecule has 2 amide bonds. The Balaban J connectivity index is 1.71. The monoisotopic (exact) mass is 530 g/mol. The van der Waals surface area contributed by atoms with Gasteiger partial charge in [0.2, 0.25) is 0 Å². The number of urea groups is 1. The van der Waals surface area contributed by atoms with Gasteiger partial charge in [0.25, 0.3) is 0 Å². The molecule has 3 aromatic carbocycles. The third-order valence-electron chi connectivity index (χ3n) is 6.78. The molecule has 1 unspecified atom stereocenters. The standard InChI is InChI=1S/C32H38N2O5/c1-20-18-25(34-31(37)33-16-15-22-10-7-6-8-11-22)21(2)28(29(30(35)36)39-32(3,4)5)27(20)24-13-14-26-23(19-24)12-9-17-38-26/h6-8,10-11,13-14,18-19,29H,9,12,15-17H2,1-5H3,(H,35,36)(H2,33,34,37). The molecule has 1 atom stereocenters. The molecule has 0 aromatic heterocycles. The topological polar surface area (TPSA) is 96.9 Å². The Kier molecular flexibility index (Phi) is 8.60. The zero-order chi connectivity index (χ0) is 28.2. The maximum Gasteiger partial charge on any atom is 0.337 e. The minimum Gasteiger partial charge on any atom is -0.493 e. The number of aliphatic carboxylic acids is 1. The average Bonchev–Trinajstić information content (AvgIpc) is 2.89. The van der Waals surface area contributed by atoms with Gasteiger partial charge in [-0.1, -0.05) is 36.4 Å². The molecule has 3 N–H and O–H groups in total. The van der Waals surface area contributed by atoms with Gasteiger partial charge in [-0.3, -0.25) is 0 Å². The number of fused-ring (bicyclic) bond motifs is 1. The van der Waals surface area contributed by atoms with Crippen LogP contribution in [0, 0.1) is 13.8 Å². The summed E-state index contributed by atoms with van der Waals surface area (Å²) in [6.07, 6.45) is 1.32. The molecule has 1 heterocycles. The summed E-state index contributed by atoms with van der Waals surface area (Å²) < 4.78 is 11.9. The van der Waals surface area contributed by atoms with Crippen LogP contribution in [0.25, 0.3) is 11.1 Å². The molecule has 39 heavy (non-hydrogen) atoms. The lowest BCUT2D eigenvalue weighted by atomic mass is 9.86. The van der Waals surface area contributed by atoms with E-state index in [2.05, 4.69) is 16.7 Å². The van der Waals surface area contributed by atoms with E-state index >= 15 is 0 Å². The van der Waals surface area contributed by atoms with Crippen molar-refractivity contribution in [1.29, 1.82) is 0 Å². The molecular formula is C32H38N2O5. The van der Waals surface area contributed by atoms with Crippen molar-refractivity contribution in [1.82, 2.24) is 5.32 Å². The van der Waals surface area contributed by atoms with Crippen molar-refractivity contribution in [3.63, 3.8) is 0 Å². The molecule has 4 rings (SSSR count). The quantitative estimate of drug-likeness (QED) is 0.305. The zero-order valence-corrected chi connectivity index (χ0v) is 23.4. The first-order valence-electron chi connectivity index (χ1n) is 13.4. The summed E-state index contributed by atoms with van der Waals surface area (Å²) in [6.45, 7) is 10.4. The highest BCUT2D eigenvalue weighted by molar-refractivity contribution is 5.93. The lowest BCUT2D eigenvalue weighted by molar-refractivity contribution is -0.160. The number of carbonyl (C=O) groups is 2. The highest BCUT2D eigenvalue weighted by Crippen LogP contribution is 2.42. The van der Waals surface area contributed by atoms with Gasteiger partial charge in [-0.15, -0.1) is 0 Å². The minimum absolute atomic E-state index is 0.346. The van der Waals surface area contributed by atoms with Gasteiger partial charge >= 0.3 is 12.0 Å². The van der Waals surface area contributed by atoms with Crippen molar-refractivity contribution in [2.75, 3.05) is 18.5 Å². The van der Waals surface area contributed by atoms with E-state index in [4.69, 9.17) is 9.47 Å². The molecular weight excluding hydrogens is 492 g/mol. The Morgan fingerprint density at radius 3 is 2.51 bits per heavy atom. The van der Waals surface area contributed by atoms with Crippen molar-refractivity contribution in [2.24, 2.45) is 0 Å². The van der Waals surface area contributed by atoms with E-state index in [1.165, 1.54) is 0 Å². The molecule has 0 saturated heterocycles. The summed E-state index contributed by atoms with van der Waals surface area (Å²) in [5, 5.41) is 16.2. The Morgan fingerprint density at radius 2 is 1.82 bits per heavy atom. The highest BCUT2D eigenvalue weighted by Gasteiger charge is 2.32. The highest BCUT2D eigenvalue weighted by atomic mass is 16.5. The maximum atomic E-state index is 12.8. The SMILES string of the molecule is Cc1cc(NC(=O)NCCc2ccccc2)c(C)c(C(OC(C)(C)C)C(=O)O)c1-c1ccc2c(c1)CCCO2. The van der Waals surface area contributed by atoms with Gasteiger partial charge in [0.05, 0.1) is 12.2 Å². The molecule has 1 aliphatic rings. The summed E-state index contributed by atoms with van der Waals surface area (Å²) in [6, 6.07) is 17.5. The lowest BCUT2D eigenvalue weighted by Gasteiger charge is -2.30. The van der Waals surface area contributed by atoms with Gasteiger partial charge in [0.15, 0.2) is 6.10 Å². The summed E-state index contributed by atoms with van der Waals surface area (Å²) in [5.74, 6) is -0.216. The van der Waals surface area contributed by atoms with Crippen molar-refractivity contribution in [3.05, 3.63) is 82.4 Å². The number of hydrogen-bond acceptors (Lipinski definition) is 4. The molecule has 0 spiro atoms. The van der Waals surface area contributed by atoms with Gasteiger partial charge in [-0.25, -0.2) is 9.59 Å². The van der Waals surface area contributed by atoms with Crippen molar-refractivity contribution in [3.8, 4) is 16.9 Å². The number of carbonyl (C=O) groups excluding carboxylic acids is 1. The van der Waals surface area contributed by atoms with Crippen LogP contribution in [0.2, 0.25) is 0 Å². The number of amides is 2. The van der Waals surface area contributed by atoms with Crippen LogP contribution in [-0.4, -0.2) is 35.9 Å². The van der Waals surface area contributed by atoms with Crippen LogP contribution in [0.15, 0.2) is 54.6 Å². The number of hydrogen-bond donors (Lipinski definition) is 3. The molecule has 206 valence electrons. The zero-order valence-electron chi connectivity index (χ0n) is 23.4. The number of ether oxygens (including phenoxy) is 2. The average molecular weight is 531 g/mol. The molecule has 1 aliphatic heterocycles. The van der Waals surface area contributed by atoms with Gasteiger partial charge in [-0.05, 0) is 105 Å². The molecule has 0 radical (unpaired) electrons. The molecule has 0 bridgehead atoms. The number of nitrogens with one attached hydrogen (secondary N) is 2. The summed E-state index contributed by atoms with van der Waals surface area (Å²) in [4.78, 5) is 25.5. The number of rotatable bonds is 8. The van der Waals surface area contributed by atoms with E-state index in [1.807, 2.05) is 83.1 Å². The predicted octanol–water partition coefficient (Wildman–Crippen LogP) is 6.60. The lowest BCUT2D eigenvalue weighted by Crippen LogP contribution is -2.31. The van der Waals surface area contributed by atoms with E-state index in [9.17, 15) is 14.7 Å². The second kappa shape index (κ2) is 11.9. The first-order valence-corrected chi connectivity index (χ1v) is 13.4. The van der Waals surface area contributed by atoms with Crippen molar-refractivity contribution in [2.45, 2.75) is 65.6 Å². The molecule has 0 fully saturated rings. The van der Waals surface area contributed by atoms with Crippen LogP contribution in [0.1, 0.15) is 61.1 Å². The van der Waals surface area contributed by atoms with Gasteiger partial charge in [-0.2, -0.15) is 0 Å². The predicted molar refractivity (Wildman–Crippen MR) is 154 cm³/mol. The minimum atomic E-state index is -1.23. The number of anilines is 1. The Labute approximate surface area is 230 Å². The molecule has 7 nitrogen and oxygen atoms in total. The van der Waals surface area contributed by atoms with Crippen LogP contribution >= 0.6 is 0 Å². The third kappa shape index (κ3) is 6.98. The van der Waals surface area contributed by atoms with E-state index < -0.39 is 17.7 Å². The van der Waals surface area contributed by atoms with Crippen LogP contribution in [-0.2, 0) is 22.4 Å². The first kappa shape index (κ1) is 28.2. The number of aryl methyl sites for hydroxylation is 2. The fourth-order valence-corrected chi connectivity index (χ4v) is 5.02. The van der Waals surface area contributed by atoms with Crippen molar-refractivity contribution >= 4 is 17.7 Å². The molecule has 3 aromatic rings. The largest absolute Gasteiger partial charge is 0.493 e. The molecule has 7 heteroatoms. The van der Waals surface area contributed by atoms with Gasteiger partial charge in [0, 0.05) is 17.8 Å². The summed E-state index contributed by atoms with van der Waals surface area (Å²) in [5.41, 5.74) is 5.81.